The standard InChI is InChI=1S/C17H31N3O2/c21-17(18-12-16-7-5-11-22-16)14-20-10-4-6-15(20)13-19-8-2-1-3-9-19/h15-16H,1-14H2,(H,18,21)/t15-,16-/m1/s1. The van der Waals surface area contributed by atoms with Crippen LogP contribution < -0.4 is 5.32 Å². The van der Waals surface area contributed by atoms with Crippen LogP contribution in [0.25, 0.3) is 0 Å². The molecule has 0 aliphatic carbocycles. The van der Waals surface area contributed by atoms with Crippen molar-refractivity contribution in [1.82, 2.24) is 15.1 Å². The van der Waals surface area contributed by atoms with Crippen molar-refractivity contribution in [2.75, 3.05) is 45.9 Å². The van der Waals surface area contributed by atoms with Crippen LogP contribution in [0.5, 0.6) is 0 Å². The summed E-state index contributed by atoms with van der Waals surface area (Å²) < 4.78 is 5.56. The summed E-state index contributed by atoms with van der Waals surface area (Å²) in [5, 5.41) is 3.06. The van der Waals surface area contributed by atoms with Gasteiger partial charge >= 0.3 is 0 Å². The van der Waals surface area contributed by atoms with Crippen LogP contribution in [0.3, 0.4) is 0 Å². The average molecular weight is 309 g/mol. The van der Waals surface area contributed by atoms with Crippen LogP contribution in [0, 0.1) is 0 Å². The predicted octanol–water partition coefficient (Wildman–Crippen LogP) is 1.23. The quantitative estimate of drug-likeness (QED) is 0.802. The molecule has 3 aliphatic heterocycles. The lowest BCUT2D eigenvalue weighted by atomic mass is 10.1. The summed E-state index contributed by atoms with van der Waals surface area (Å²) >= 11 is 0. The summed E-state index contributed by atoms with van der Waals surface area (Å²) in [6.07, 6.45) is 9.01. The molecule has 0 spiro atoms. The van der Waals surface area contributed by atoms with Gasteiger partial charge in [0.15, 0.2) is 0 Å². The van der Waals surface area contributed by atoms with Crippen LogP contribution in [0.15, 0.2) is 0 Å². The molecular weight excluding hydrogens is 278 g/mol. The fraction of sp³-hybridized carbons (Fsp3) is 0.941. The molecule has 126 valence electrons. The number of piperidine rings is 1. The molecule has 0 radical (unpaired) electrons. The Morgan fingerprint density at radius 1 is 1.05 bits per heavy atom. The number of nitrogens with zero attached hydrogens (tertiary/aromatic N) is 2. The Morgan fingerprint density at radius 3 is 2.68 bits per heavy atom. The van der Waals surface area contributed by atoms with Crippen LogP contribution in [-0.2, 0) is 9.53 Å². The first kappa shape index (κ1) is 16.2. The highest BCUT2D eigenvalue weighted by atomic mass is 16.5. The van der Waals surface area contributed by atoms with E-state index >= 15 is 0 Å². The summed E-state index contributed by atoms with van der Waals surface area (Å²) in [5.41, 5.74) is 0. The van der Waals surface area contributed by atoms with Gasteiger partial charge in [0.1, 0.15) is 0 Å². The molecule has 0 aromatic rings. The van der Waals surface area contributed by atoms with Gasteiger partial charge in [-0.2, -0.15) is 0 Å². The van der Waals surface area contributed by atoms with Gasteiger partial charge in [-0.15, -0.1) is 0 Å². The number of likely N-dealkylation sites (tertiary alicyclic amines) is 2. The monoisotopic (exact) mass is 309 g/mol. The van der Waals surface area contributed by atoms with Gasteiger partial charge in [0, 0.05) is 25.7 Å². The van der Waals surface area contributed by atoms with Crippen LogP contribution >= 0.6 is 0 Å². The molecule has 5 nitrogen and oxygen atoms in total. The van der Waals surface area contributed by atoms with Crippen LogP contribution in [-0.4, -0.2) is 73.7 Å². The molecule has 1 amide bonds. The smallest absolute Gasteiger partial charge is 0.234 e. The zero-order valence-electron chi connectivity index (χ0n) is 13.8. The van der Waals surface area contributed by atoms with Gasteiger partial charge in [-0.25, -0.2) is 0 Å². The lowest BCUT2D eigenvalue weighted by Gasteiger charge is -2.32. The Morgan fingerprint density at radius 2 is 1.91 bits per heavy atom. The first-order valence-electron chi connectivity index (χ1n) is 9.16. The van der Waals surface area contributed by atoms with Gasteiger partial charge in [-0.3, -0.25) is 9.69 Å². The van der Waals surface area contributed by atoms with E-state index in [0.717, 1.165) is 32.5 Å². The largest absolute Gasteiger partial charge is 0.376 e. The second-order valence-electron chi connectivity index (χ2n) is 7.07. The number of carbonyl (C=O) groups is 1. The molecule has 3 heterocycles. The van der Waals surface area contributed by atoms with Crippen molar-refractivity contribution in [2.45, 2.75) is 57.1 Å². The van der Waals surface area contributed by atoms with Crippen LogP contribution in [0.4, 0.5) is 0 Å². The van der Waals surface area contributed by atoms with E-state index in [1.165, 1.54) is 45.2 Å². The zero-order valence-corrected chi connectivity index (χ0v) is 13.8. The summed E-state index contributed by atoms with van der Waals surface area (Å²) in [4.78, 5) is 17.2. The van der Waals surface area contributed by atoms with Gasteiger partial charge in [0.25, 0.3) is 0 Å². The predicted molar refractivity (Wildman–Crippen MR) is 86.9 cm³/mol. The zero-order chi connectivity index (χ0) is 15.2. The summed E-state index contributed by atoms with van der Waals surface area (Å²) in [5.74, 6) is 0.168. The first-order chi connectivity index (χ1) is 10.8. The van der Waals surface area contributed by atoms with E-state index in [1.807, 2.05) is 0 Å². The van der Waals surface area contributed by atoms with Gasteiger partial charge in [-0.1, -0.05) is 6.42 Å². The Bertz CT molecular complexity index is 352. The first-order valence-corrected chi connectivity index (χ1v) is 9.16. The normalized spacial score (nSPS) is 30.7. The third kappa shape index (κ3) is 4.67. The van der Waals surface area contributed by atoms with E-state index < -0.39 is 0 Å². The van der Waals surface area contributed by atoms with Gasteiger partial charge in [0.2, 0.25) is 5.91 Å². The van der Waals surface area contributed by atoms with Crippen molar-refractivity contribution in [2.24, 2.45) is 0 Å². The Kier molecular flexibility index (Phi) is 6.10. The van der Waals surface area contributed by atoms with Crippen molar-refractivity contribution < 1.29 is 9.53 Å². The van der Waals surface area contributed by atoms with E-state index in [-0.39, 0.29) is 12.0 Å². The maximum Gasteiger partial charge on any atom is 0.234 e. The topological polar surface area (TPSA) is 44.8 Å². The average Bonchev–Trinajstić information content (AvgIpc) is 3.19. The fourth-order valence-corrected chi connectivity index (χ4v) is 4.02. The summed E-state index contributed by atoms with van der Waals surface area (Å²) in [6.45, 7) is 6.81. The maximum absolute atomic E-state index is 12.2. The highest BCUT2D eigenvalue weighted by Crippen LogP contribution is 2.20. The highest BCUT2D eigenvalue weighted by molar-refractivity contribution is 5.78. The lowest BCUT2D eigenvalue weighted by molar-refractivity contribution is -0.123. The van der Waals surface area contributed by atoms with E-state index in [9.17, 15) is 4.79 Å². The molecule has 0 bridgehead atoms. The number of amides is 1. The third-order valence-corrected chi connectivity index (χ3v) is 5.31. The number of hydrogen-bond acceptors (Lipinski definition) is 4. The Labute approximate surface area is 134 Å². The molecule has 0 unspecified atom stereocenters. The molecule has 3 fully saturated rings. The molecule has 1 N–H and O–H groups in total. The van der Waals surface area contributed by atoms with Crippen molar-refractivity contribution in [3.05, 3.63) is 0 Å². The minimum atomic E-state index is 0.168. The maximum atomic E-state index is 12.2. The van der Waals surface area contributed by atoms with Crippen molar-refractivity contribution in [3.63, 3.8) is 0 Å². The van der Waals surface area contributed by atoms with Gasteiger partial charge < -0.3 is 15.0 Å². The number of rotatable bonds is 6. The molecule has 3 saturated heterocycles. The van der Waals surface area contributed by atoms with E-state index in [2.05, 4.69) is 15.1 Å². The summed E-state index contributed by atoms with van der Waals surface area (Å²) in [6, 6.07) is 0.576. The molecule has 5 heteroatoms. The van der Waals surface area contributed by atoms with Gasteiger partial charge in [0.05, 0.1) is 12.6 Å². The van der Waals surface area contributed by atoms with E-state index in [1.54, 1.807) is 0 Å². The minimum Gasteiger partial charge on any atom is -0.376 e. The lowest BCUT2D eigenvalue weighted by Crippen LogP contribution is -2.46. The Hall–Kier alpha value is -0.650. The highest BCUT2D eigenvalue weighted by Gasteiger charge is 2.28. The van der Waals surface area contributed by atoms with E-state index in [0.29, 0.717) is 19.1 Å². The molecule has 3 aliphatic rings. The van der Waals surface area contributed by atoms with Crippen LogP contribution in [0.1, 0.15) is 44.9 Å². The number of ether oxygens (including phenoxy) is 1. The fourth-order valence-electron chi connectivity index (χ4n) is 4.02. The molecule has 22 heavy (non-hydrogen) atoms. The SMILES string of the molecule is O=C(CN1CCC[C@@H]1CN1CCCCC1)NC[C@H]1CCCO1. The second kappa shape index (κ2) is 8.27. The Balaban J connectivity index is 1.38. The molecule has 2 atom stereocenters. The van der Waals surface area contributed by atoms with Gasteiger partial charge in [-0.05, 0) is 58.2 Å². The molecule has 0 aromatic heterocycles. The van der Waals surface area contributed by atoms with Crippen molar-refractivity contribution in [1.29, 1.82) is 0 Å². The molecule has 0 aromatic carbocycles. The number of hydrogen-bond donors (Lipinski definition) is 1. The third-order valence-electron chi connectivity index (χ3n) is 5.31. The van der Waals surface area contributed by atoms with E-state index in [4.69, 9.17) is 4.74 Å². The van der Waals surface area contributed by atoms with Crippen LogP contribution in [0.2, 0.25) is 0 Å². The van der Waals surface area contributed by atoms with Crippen molar-refractivity contribution >= 4 is 5.91 Å². The summed E-state index contributed by atoms with van der Waals surface area (Å²) in [7, 11) is 0. The number of nitrogens with one attached hydrogen (secondary N) is 1. The minimum absolute atomic E-state index is 0.168. The molecular formula is C17H31N3O2. The second-order valence-corrected chi connectivity index (χ2v) is 7.07. The number of carbonyl (C=O) groups excluding carboxylic acids is 1. The van der Waals surface area contributed by atoms with Crippen molar-refractivity contribution in [3.8, 4) is 0 Å². The molecule has 3 rings (SSSR count). The molecule has 0 saturated carbocycles.